The maximum atomic E-state index is 5.68. The number of imidazole rings is 1. The zero-order chi connectivity index (χ0) is 13.1. The van der Waals surface area contributed by atoms with Gasteiger partial charge in [0.1, 0.15) is 5.82 Å². The van der Waals surface area contributed by atoms with Crippen molar-refractivity contribution in [2.75, 3.05) is 13.1 Å². The molecule has 1 aliphatic heterocycles. The van der Waals surface area contributed by atoms with Gasteiger partial charge in [0.15, 0.2) is 0 Å². The van der Waals surface area contributed by atoms with E-state index in [9.17, 15) is 0 Å². The third kappa shape index (κ3) is 2.69. The van der Waals surface area contributed by atoms with Gasteiger partial charge in [-0.2, -0.15) is 0 Å². The van der Waals surface area contributed by atoms with E-state index in [4.69, 9.17) is 5.73 Å². The molecule has 0 atom stereocenters. The minimum absolute atomic E-state index is 0.710. The molecule has 0 saturated carbocycles. The van der Waals surface area contributed by atoms with Crippen LogP contribution in [0.15, 0.2) is 36.7 Å². The van der Waals surface area contributed by atoms with Gasteiger partial charge in [0.05, 0.1) is 6.54 Å². The first-order chi connectivity index (χ1) is 9.36. The summed E-state index contributed by atoms with van der Waals surface area (Å²) in [7, 11) is 0. The van der Waals surface area contributed by atoms with Crippen molar-refractivity contribution in [3.05, 3.63) is 53.6 Å². The highest BCUT2D eigenvalue weighted by Gasteiger charge is 2.17. The second kappa shape index (κ2) is 5.55. The van der Waals surface area contributed by atoms with Crippen LogP contribution in [0.4, 0.5) is 0 Å². The van der Waals surface area contributed by atoms with Crippen molar-refractivity contribution >= 4 is 0 Å². The first kappa shape index (κ1) is 12.4. The van der Waals surface area contributed by atoms with Crippen molar-refractivity contribution in [1.29, 1.82) is 0 Å². The van der Waals surface area contributed by atoms with Crippen LogP contribution in [-0.4, -0.2) is 27.5 Å². The van der Waals surface area contributed by atoms with Crippen LogP contribution >= 0.6 is 0 Å². The molecular formula is C15H20N4. The zero-order valence-electron chi connectivity index (χ0n) is 11.1. The van der Waals surface area contributed by atoms with E-state index in [1.54, 1.807) is 0 Å². The standard InChI is InChI=1S/C15H20N4/c16-6-5-13-3-1-2-4-14(13)11-18-9-10-19-8-7-17-15(19)12-18/h1-4,7-8H,5-6,9-12,16H2. The van der Waals surface area contributed by atoms with Gasteiger partial charge in [-0.3, -0.25) is 4.90 Å². The van der Waals surface area contributed by atoms with Crippen molar-refractivity contribution in [3.63, 3.8) is 0 Å². The summed E-state index contributed by atoms with van der Waals surface area (Å²) in [6.07, 6.45) is 4.91. The lowest BCUT2D eigenvalue weighted by atomic mass is 10.0. The van der Waals surface area contributed by atoms with E-state index in [1.165, 1.54) is 17.0 Å². The van der Waals surface area contributed by atoms with Crippen LogP contribution in [0.2, 0.25) is 0 Å². The quantitative estimate of drug-likeness (QED) is 0.899. The third-order valence-corrected chi connectivity index (χ3v) is 3.75. The third-order valence-electron chi connectivity index (χ3n) is 3.75. The summed E-state index contributed by atoms with van der Waals surface area (Å²) in [4.78, 5) is 6.86. The van der Waals surface area contributed by atoms with E-state index < -0.39 is 0 Å². The number of benzene rings is 1. The van der Waals surface area contributed by atoms with Gasteiger partial charge >= 0.3 is 0 Å². The lowest BCUT2D eigenvalue weighted by molar-refractivity contribution is 0.208. The summed E-state index contributed by atoms with van der Waals surface area (Å²) >= 11 is 0. The average Bonchev–Trinajstić information content (AvgIpc) is 2.89. The monoisotopic (exact) mass is 256 g/mol. The normalized spacial score (nSPS) is 15.4. The molecule has 0 bridgehead atoms. The summed E-state index contributed by atoms with van der Waals surface area (Å²) in [5, 5.41) is 0. The SMILES string of the molecule is NCCc1ccccc1CN1CCn2ccnc2C1. The Kier molecular flexibility index (Phi) is 3.62. The minimum atomic E-state index is 0.710. The summed E-state index contributed by atoms with van der Waals surface area (Å²) in [5.74, 6) is 1.17. The van der Waals surface area contributed by atoms with Crippen LogP contribution in [0.3, 0.4) is 0 Å². The van der Waals surface area contributed by atoms with Gasteiger partial charge < -0.3 is 10.3 Å². The fourth-order valence-corrected chi connectivity index (χ4v) is 2.71. The number of nitrogens with two attached hydrogens (primary N) is 1. The van der Waals surface area contributed by atoms with E-state index in [2.05, 4.69) is 44.9 Å². The van der Waals surface area contributed by atoms with Gasteiger partial charge in [0.2, 0.25) is 0 Å². The number of rotatable bonds is 4. The highest BCUT2D eigenvalue weighted by atomic mass is 15.2. The molecule has 0 unspecified atom stereocenters. The van der Waals surface area contributed by atoms with Crippen molar-refractivity contribution in [3.8, 4) is 0 Å². The summed E-state index contributed by atoms with van der Waals surface area (Å²) in [6.45, 7) is 4.75. The molecule has 4 nitrogen and oxygen atoms in total. The Morgan fingerprint density at radius 3 is 2.84 bits per heavy atom. The molecule has 2 heterocycles. The van der Waals surface area contributed by atoms with Crippen molar-refractivity contribution in [1.82, 2.24) is 14.5 Å². The van der Waals surface area contributed by atoms with Crippen LogP contribution < -0.4 is 5.73 Å². The second-order valence-corrected chi connectivity index (χ2v) is 5.05. The molecule has 0 fully saturated rings. The molecule has 3 rings (SSSR count). The van der Waals surface area contributed by atoms with Crippen LogP contribution in [-0.2, 0) is 26.1 Å². The van der Waals surface area contributed by atoms with Gasteiger partial charge in [0, 0.05) is 32.0 Å². The fourth-order valence-electron chi connectivity index (χ4n) is 2.71. The molecule has 4 heteroatoms. The van der Waals surface area contributed by atoms with Gasteiger partial charge in [0.25, 0.3) is 0 Å². The Morgan fingerprint density at radius 2 is 2.00 bits per heavy atom. The lowest BCUT2D eigenvalue weighted by Gasteiger charge is -2.28. The lowest BCUT2D eigenvalue weighted by Crippen LogP contribution is -2.33. The minimum Gasteiger partial charge on any atom is -0.333 e. The maximum Gasteiger partial charge on any atom is 0.122 e. The first-order valence-electron chi connectivity index (χ1n) is 6.86. The number of fused-ring (bicyclic) bond motifs is 1. The topological polar surface area (TPSA) is 47.1 Å². The fraction of sp³-hybridized carbons (Fsp3) is 0.400. The number of hydrogen-bond acceptors (Lipinski definition) is 3. The summed E-state index contributed by atoms with van der Waals surface area (Å²) in [5.41, 5.74) is 8.46. The second-order valence-electron chi connectivity index (χ2n) is 5.05. The van der Waals surface area contributed by atoms with E-state index in [0.717, 1.165) is 32.6 Å². The number of hydrogen-bond donors (Lipinski definition) is 1. The van der Waals surface area contributed by atoms with Gasteiger partial charge in [-0.1, -0.05) is 24.3 Å². The average molecular weight is 256 g/mol. The Hall–Kier alpha value is -1.65. The number of aromatic nitrogens is 2. The highest BCUT2D eigenvalue weighted by molar-refractivity contribution is 5.27. The molecular weight excluding hydrogens is 236 g/mol. The van der Waals surface area contributed by atoms with Crippen molar-refractivity contribution in [2.24, 2.45) is 5.73 Å². The molecule has 2 aromatic rings. The van der Waals surface area contributed by atoms with Crippen LogP contribution in [0.5, 0.6) is 0 Å². The largest absolute Gasteiger partial charge is 0.333 e. The molecule has 0 spiro atoms. The molecule has 19 heavy (non-hydrogen) atoms. The summed E-state index contributed by atoms with van der Waals surface area (Å²) < 4.78 is 2.24. The molecule has 2 N–H and O–H groups in total. The smallest absolute Gasteiger partial charge is 0.122 e. The molecule has 1 aromatic heterocycles. The Bertz CT molecular complexity index is 547. The van der Waals surface area contributed by atoms with E-state index in [-0.39, 0.29) is 0 Å². The first-order valence-corrected chi connectivity index (χ1v) is 6.86. The predicted molar refractivity (Wildman–Crippen MR) is 75.5 cm³/mol. The molecule has 1 aromatic carbocycles. The van der Waals surface area contributed by atoms with Gasteiger partial charge in [-0.05, 0) is 24.1 Å². The zero-order valence-corrected chi connectivity index (χ0v) is 11.1. The molecule has 0 radical (unpaired) electrons. The molecule has 0 aliphatic carbocycles. The Balaban J connectivity index is 1.72. The molecule has 0 amide bonds. The van der Waals surface area contributed by atoms with E-state index in [0.29, 0.717) is 6.54 Å². The number of nitrogens with zero attached hydrogens (tertiary/aromatic N) is 3. The van der Waals surface area contributed by atoms with Crippen LogP contribution in [0.1, 0.15) is 17.0 Å². The van der Waals surface area contributed by atoms with E-state index in [1.807, 2.05) is 6.20 Å². The van der Waals surface area contributed by atoms with Crippen LogP contribution in [0, 0.1) is 0 Å². The molecule has 1 aliphatic rings. The molecule has 100 valence electrons. The Morgan fingerprint density at radius 1 is 1.16 bits per heavy atom. The van der Waals surface area contributed by atoms with Crippen molar-refractivity contribution < 1.29 is 0 Å². The van der Waals surface area contributed by atoms with Gasteiger partial charge in [-0.25, -0.2) is 4.98 Å². The predicted octanol–water partition coefficient (Wildman–Crippen LogP) is 1.40. The van der Waals surface area contributed by atoms with E-state index >= 15 is 0 Å². The van der Waals surface area contributed by atoms with Gasteiger partial charge in [-0.15, -0.1) is 0 Å². The maximum absolute atomic E-state index is 5.68. The van der Waals surface area contributed by atoms with Crippen LogP contribution in [0.25, 0.3) is 0 Å². The molecule has 0 saturated heterocycles. The highest BCUT2D eigenvalue weighted by Crippen LogP contribution is 2.16. The Labute approximate surface area is 113 Å². The summed E-state index contributed by atoms with van der Waals surface area (Å²) in [6, 6.07) is 8.61. The van der Waals surface area contributed by atoms with Crippen molar-refractivity contribution in [2.45, 2.75) is 26.1 Å².